The fraction of sp³-hybridized carbons (Fsp3) is 0. The van der Waals surface area contributed by atoms with Gasteiger partial charge in [-0.05, 0) is 30.3 Å². The van der Waals surface area contributed by atoms with Crippen molar-refractivity contribution >= 4 is 46.4 Å². The van der Waals surface area contributed by atoms with Gasteiger partial charge in [-0.15, -0.1) is 0 Å². The predicted octanol–water partition coefficient (Wildman–Crippen LogP) is 3.44. The number of amides is 2. The molecule has 5 nitrogen and oxygen atoms in total. The molecule has 0 fully saturated rings. The Kier molecular flexibility index (Phi) is 2.76. The third-order valence-corrected chi connectivity index (χ3v) is 4.24. The Morgan fingerprint density at radius 2 is 1.77 bits per heavy atom. The van der Waals surface area contributed by atoms with Crippen molar-refractivity contribution in [3.8, 4) is 0 Å². The summed E-state index contributed by atoms with van der Waals surface area (Å²) < 4.78 is 1.60. The van der Waals surface area contributed by atoms with Crippen molar-refractivity contribution < 1.29 is 9.59 Å². The van der Waals surface area contributed by atoms with Crippen molar-refractivity contribution in [3.63, 3.8) is 0 Å². The highest BCUT2D eigenvalue weighted by Gasteiger charge is 2.41. The molecule has 7 heteroatoms. The Bertz CT molecular complexity index is 965. The van der Waals surface area contributed by atoms with Crippen molar-refractivity contribution in [2.24, 2.45) is 0 Å². The summed E-state index contributed by atoms with van der Waals surface area (Å²) in [5.74, 6) is -0.904. The van der Waals surface area contributed by atoms with Gasteiger partial charge in [-0.1, -0.05) is 29.3 Å². The number of imidazole rings is 1. The molecule has 3 heterocycles. The van der Waals surface area contributed by atoms with Crippen LogP contribution in [-0.4, -0.2) is 21.2 Å². The van der Waals surface area contributed by atoms with E-state index in [9.17, 15) is 9.59 Å². The lowest BCUT2D eigenvalue weighted by atomic mass is 10.3. The molecule has 4 rings (SSSR count). The number of fused-ring (bicyclic) bond motifs is 3. The molecule has 0 saturated carbocycles. The van der Waals surface area contributed by atoms with Crippen LogP contribution in [0.2, 0.25) is 10.0 Å². The van der Waals surface area contributed by atoms with Crippen molar-refractivity contribution in [2.45, 2.75) is 0 Å². The topological polar surface area (TPSA) is 54.7 Å². The first-order valence-electron chi connectivity index (χ1n) is 6.39. The smallest absolute Gasteiger partial charge is 0.286 e. The molecule has 108 valence electrons. The van der Waals surface area contributed by atoms with Crippen LogP contribution in [0, 0.1) is 0 Å². The molecular formula is C15H7Cl2N3O2. The van der Waals surface area contributed by atoms with E-state index >= 15 is 0 Å². The molecule has 0 atom stereocenters. The van der Waals surface area contributed by atoms with Crippen LogP contribution in [0.15, 0.2) is 42.6 Å². The Morgan fingerprint density at radius 1 is 0.955 bits per heavy atom. The summed E-state index contributed by atoms with van der Waals surface area (Å²) in [4.78, 5) is 30.5. The average molecular weight is 332 g/mol. The summed E-state index contributed by atoms with van der Waals surface area (Å²) in [6.45, 7) is 0. The van der Waals surface area contributed by atoms with Crippen LogP contribution in [0.4, 0.5) is 5.69 Å². The van der Waals surface area contributed by atoms with E-state index in [4.69, 9.17) is 23.2 Å². The number of anilines is 1. The second kappa shape index (κ2) is 4.56. The van der Waals surface area contributed by atoms with Crippen molar-refractivity contribution in [3.05, 3.63) is 64.0 Å². The number of carbonyl (C=O) groups is 2. The van der Waals surface area contributed by atoms with Crippen LogP contribution in [-0.2, 0) is 0 Å². The number of benzene rings is 1. The van der Waals surface area contributed by atoms with Gasteiger partial charge in [-0.2, -0.15) is 0 Å². The minimum absolute atomic E-state index is 0.141. The zero-order valence-electron chi connectivity index (χ0n) is 11.0. The Balaban J connectivity index is 1.89. The van der Waals surface area contributed by atoms with Crippen molar-refractivity contribution in [1.29, 1.82) is 0 Å². The molecule has 0 aliphatic carbocycles. The van der Waals surface area contributed by atoms with Gasteiger partial charge in [0.25, 0.3) is 11.8 Å². The molecule has 0 radical (unpaired) electrons. The summed E-state index contributed by atoms with van der Waals surface area (Å²) >= 11 is 11.8. The quantitative estimate of drug-likeness (QED) is 0.642. The minimum atomic E-state index is -0.470. The molecule has 0 saturated heterocycles. The number of nitrogens with zero attached hydrogens (tertiary/aromatic N) is 3. The Labute approximate surface area is 134 Å². The molecule has 1 aromatic carbocycles. The minimum Gasteiger partial charge on any atom is -0.295 e. The lowest BCUT2D eigenvalue weighted by Crippen LogP contribution is -2.30. The molecule has 3 aromatic rings. The molecule has 2 aromatic heterocycles. The standard InChI is InChI=1S/C15H7Cl2N3O2/c16-9-5-4-8(7-10(9)17)20-14(21)12-13(15(20)22)19-6-2-1-3-11(19)18-12/h1-7H. The van der Waals surface area contributed by atoms with Crippen LogP contribution < -0.4 is 4.90 Å². The van der Waals surface area contributed by atoms with E-state index in [1.807, 2.05) is 0 Å². The van der Waals surface area contributed by atoms with Gasteiger partial charge in [-0.3, -0.25) is 14.0 Å². The Hall–Kier alpha value is -2.37. The maximum atomic E-state index is 12.6. The van der Waals surface area contributed by atoms with Crippen LogP contribution >= 0.6 is 23.2 Å². The van der Waals surface area contributed by atoms with Gasteiger partial charge in [-0.25, -0.2) is 9.88 Å². The van der Waals surface area contributed by atoms with Gasteiger partial charge in [0, 0.05) is 6.20 Å². The number of carbonyl (C=O) groups excluding carboxylic acids is 2. The van der Waals surface area contributed by atoms with Crippen LogP contribution in [0.25, 0.3) is 5.65 Å². The largest absolute Gasteiger partial charge is 0.295 e. The number of halogens is 2. The predicted molar refractivity (Wildman–Crippen MR) is 82.8 cm³/mol. The van der Waals surface area contributed by atoms with Gasteiger partial charge in [0.2, 0.25) is 0 Å². The SMILES string of the molecule is O=C1c2nc3ccccn3c2C(=O)N1c1ccc(Cl)c(Cl)c1. The number of hydrogen-bond acceptors (Lipinski definition) is 3. The van der Waals surface area contributed by atoms with Gasteiger partial charge in [0.05, 0.1) is 15.7 Å². The highest BCUT2D eigenvalue weighted by atomic mass is 35.5. The third kappa shape index (κ3) is 1.70. The molecule has 0 unspecified atom stereocenters. The molecule has 1 aliphatic heterocycles. The summed E-state index contributed by atoms with van der Waals surface area (Å²) in [6.07, 6.45) is 1.70. The van der Waals surface area contributed by atoms with Crippen LogP contribution in [0.1, 0.15) is 21.0 Å². The van der Waals surface area contributed by atoms with Gasteiger partial charge in [0.15, 0.2) is 5.69 Å². The highest BCUT2D eigenvalue weighted by molar-refractivity contribution is 6.42. The van der Waals surface area contributed by atoms with E-state index in [0.717, 1.165) is 4.90 Å². The monoisotopic (exact) mass is 331 g/mol. The zero-order chi connectivity index (χ0) is 15.4. The fourth-order valence-corrected chi connectivity index (χ4v) is 2.80. The molecule has 0 spiro atoms. The lowest BCUT2D eigenvalue weighted by Gasteiger charge is -2.14. The summed E-state index contributed by atoms with van der Waals surface area (Å²) in [7, 11) is 0. The van der Waals surface area contributed by atoms with E-state index in [1.54, 1.807) is 40.9 Å². The molecule has 22 heavy (non-hydrogen) atoms. The second-order valence-electron chi connectivity index (χ2n) is 4.78. The van der Waals surface area contributed by atoms with E-state index < -0.39 is 11.8 Å². The number of imide groups is 1. The average Bonchev–Trinajstić information content (AvgIpc) is 3.00. The van der Waals surface area contributed by atoms with E-state index in [0.29, 0.717) is 16.4 Å². The highest BCUT2D eigenvalue weighted by Crippen LogP contribution is 2.32. The van der Waals surface area contributed by atoms with E-state index in [-0.39, 0.29) is 16.4 Å². The molecule has 0 N–H and O–H groups in total. The maximum Gasteiger partial charge on any atom is 0.286 e. The van der Waals surface area contributed by atoms with Gasteiger partial charge in [0.1, 0.15) is 11.3 Å². The molecular weight excluding hydrogens is 325 g/mol. The van der Waals surface area contributed by atoms with Crippen molar-refractivity contribution in [2.75, 3.05) is 4.90 Å². The van der Waals surface area contributed by atoms with Crippen LogP contribution in [0.3, 0.4) is 0 Å². The number of aromatic nitrogens is 2. The third-order valence-electron chi connectivity index (χ3n) is 3.50. The molecule has 2 amide bonds. The first-order chi connectivity index (χ1) is 10.6. The number of hydrogen-bond donors (Lipinski definition) is 0. The molecule has 1 aliphatic rings. The molecule has 0 bridgehead atoms. The summed E-state index contributed by atoms with van der Waals surface area (Å²) in [6, 6.07) is 9.91. The summed E-state index contributed by atoms with van der Waals surface area (Å²) in [5.41, 5.74) is 1.32. The number of pyridine rings is 1. The van der Waals surface area contributed by atoms with E-state index in [1.165, 1.54) is 6.07 Å². The fourth-order valence-electron chi connectivity index (χ4n) is 2.51. The first-order valence-corrected chi connectivity index (χ1v) is 7.14. The van der Waals surface area contributed by atoms with Crippen molar-refractivity contribution in [1.82, 2.24) is 9.38 Å². The summed E-state index contributed by atoms with van der Waals surface area (Å²) in [5, 5.41) is 0.631. The normalized spacial score (nSPS) is 14.0. The zero-order valence-corrected chi connectivity index (χ0v) is 12.5. The lowest BCUT2D eigenvalue weighted by molar-refractivity contribution is 0.0922. The van der Waals surface area contributed by atoms with Gasteiger partial charge >= 0.3 is 0 Å². The second-order valence-corrected chi connectivity index (χ2v) is 5.60. The van der Waals surface area contributed by atoms with Crippen LogP contribution in [0.5, 0.6) is 0 Å². The van der Waals surface area contributed by atoms with Gasteiger partial charge < -0.3 is 0 Å². The Morgan fingerprint density at radius 3 is 2.55 bits per heavy atom. The maximum absolute atomic E-state index is 12.6. The first kappa shape index (κ1) is 13.3. The van der Waals surface area contributed by atoms with E-state index in [2.05, 4.69) is 4.98 Å². The number of rotatable bonds is 1.